The lowest BCUT2D eigenvalue weighted by Gasteiger charge is -2.18. The van der Waals surface area contributed by atoms with Gasteiger partial charge in [0.15, 0.2) is 17.5 Å². The fraction of sp³-hybridized carbons (Fsp3) is 0.300. The highest BCUT2D eigenvalue weighted by molar-refractivity contribution is 6.31. The Balaban J connectivity index is 1.61. The minimum Gasteiger partial charge on any atom is -0.355 e. The number of hydrogen-bond acceptors (Lipinski definition) is 5. The Morgan fingerprint density at radius 3 is 2.68 bits per heavy atom. The molecule has 0 atom stereocenters. The van der Waals surface area contributed by atoms with Crippen LogP contribution in [0.25, 0.3) is 11.0 Å². The van der Waals surface area contributed by atoms with Crippen LogP contribution >= 0.6 is 11.6 Å². The van der Waals surface area contributed by atoms with E-state index in [9.17, 15) is 18.4 Å². The van der Waals surface area contributed by atoms with Gasteiger partial charge in [-0.15, -0.1) is 0 Å². The first kappa shape index (κ1) is 21.4. The molecule has 11 heteroatoms. The number of hydroxylamine groups is 1. The van der Waals surface area contributed by atoms with Crippen molar-refractivity contribution < 1.29 is 18.4 Å². The van der Waals surface area contributed by atoms with Crippen LogP contribution in [0.1, 0.15) is 18.4 Å². The number of aromatic amines is 1. The Kier molecular flexibility index (Phi) is 6.03. The van der Waals surface area contributed by atoms with Gasteiger partial charge in [-0.3, -0.25) is 10.6 Å². The van der Waals surface area contributed by atoms with Crippen LogP contribution in [0.15, 0.2) is 24.3 Å². The molecular formula is C20H20ClF3N6O. The highest BCUT2D eigenvalue weighted by Gasteiger charge is 2.23. The van der Waals surface area contributed by atoms with Gasteiger partial charge in [-0.1, -0.05) is 11.6 Å². The van der Waals surface area contributed by atoms with Gasteiger partial charge in [0.25, 0.3) is 0 Å². The maximum Gasteiger partial charge on any atom is 0.201 e. The average Bonchev–Trinajstić information content (AvgIpc) is 3.42. The number of rotatable bonds is 6. The summed E-state index contributed by atoms with van der Waals surface area (Å²) in [6.45, 7) is 3.40. The first-order chi connectivity index (χ1) is 14.8. The topological polar surface area (TPSA) is 91.3 Å². The first-order valence-electron chi connectivity index (χ1n) is 9.72. The predicted octanol–water partition coefficient (Wildman–Crippen LogP) is 4.36. The van der Waals surface area contributed by atoms with E-state index >= 15 is 0 Å². The van der Waals surface area contributed by atoms with E-state index in [0.717, 1.165) is 50.7 Å². The quantitative estimate of drug-likeness (QED) is 0.253. The van der Waals surface area contributed by atoms with Crippen molar-refractivity contribution in [2.24, 2.45) is 0 Å². The van der Waals surface area contributed by atoms with Gasteiger partial charge in [0.1, 0.15) is 11.3 Å². The fourth-order valence-electron chi connectivity index (χ4n) is 3.57. The average molecular weight is 453 g/mol. The van der Waals surface area contributed by atoms with Gasteiger partial charge in [-0.25, -0.2) is 23.2 Å². The molecule has 0 bridgehead atoms. The molecule has 2 aromatic carbocycles. The molecule has 31 heavy (non-hydrogen) atoms. The van der Waals surface area contributed by atoms with Gasteiger partial charge in [0.05, 0.1) is 16.2 Å². The highest BCUT2D eigenvalue weighted by Crippen LogP contribution is 2.28. The maximum absolute atomic E-state index is 14.3. The third-order valence-electron chi connectivity index (χ3n) is 5.20. The van der Waals surface area contributed by atoms with Gasteiger partial charge >= 0.3 is 0 Å². The minimum atomic E-state index is -1.21. The van der Waals surface area contributed by atoms with Crippen LogP contribution in [-0.2, 0) is 0 Å². The lowest BCUT2D eigenvalue weighted by molar-refractivity contribution is 0.312. The zero-order valence-electron chi connectivity index (χ0n) is 16.4. The third-order valence-corrected chi connectivity index (χ3v) is 5.49. The monoisotopic (exact) mass is 452 g/mol. The number of nitrogens with one attached hydrogen (secondary N) is 3. The van der Waals surface area contributed by atoms with Gasteiger partial charge in [-0.05, 0) is 50.2 Å². The van der Waals surface area contributed by atoms with E-state index in [2.05, 4.69) is 20.2 Å². The number of fused-ring (bicyclic) bond motifs is 1. The standard InChI is InChI=1S/C20H20ClF3N6O/c21-13-9-11(3-4-14(13)22)30(31)19(25)12-10-15(23)16(24)18-17(12)27-20(28-18)26-5-8-29-6-1-2-7-29/h3-4,9-10,25,31H,1-2,5-8H2,(H2,26,27,28). The summed E-state index contributed by atoms with van der Waals surface area (Å²) in [5.41, 5.74) is -0.400. The number of aromatic nitrogens is 2. The highest BCUT2D eigenvalue weighted by atomic mass is 35.5. The Bertz CT molecular complexity index is 1130. The molecule has 1 fully saturated rings. The summed E-state index contributed by atoms with van der Waals surface area (Å²) in [5, 5.41) is 21.9. The molecule has 0 unspecified atom stereocenters. The number of likely N-dealkylation sites (tertiary alicyclic amines) is 1. The molecule has 2 heterocycles. The third kappa shape index (κ3) is 4.32. The van der Waals surface area contributed by atoms with Crippen LogP contribution < -0.4 is 10.4 Å². The van der Waals surface area contributed by atoms with Crippen LogP contribution in [0, 0.1) is 22.9 Å². The zero-order chi connectivity index (χ0) is 22.1. The predicted molar refractivity (Wildman–Crippen MR) is 113 cm³/mol. The molecule has 0 aliphatic carbocycles. The van der Waals surface area contributed by atoms with Crippen LogP contribution in [0.2, 0.25) is 5.02 Å². The Morgan fingerprint density at radius 2 is 1.97 bits per heavy atom. The summed E-state index contributed by atoms with van der Waals surface area (Å²) in [6.07, 6.45) is 2.33. The van der Waals surface area contributed by atoms with E-state index in [-0.39, 0.29) is 33.3 Å². The number of halogens is 4. The second kappa shape index (κ2) is 8.74. The summed E-state index contributed by atoms with van der Waals surface area (Å²) in [5.74, 6) is -3.42. The zero-order valence-corrected chi connectivity index (χ0v) is 17.1. The molecule has 0 radical (unpaired) electrons. The van der Waals surface area contributed by atoms with E-state index < -0.39 is 23.3 Å². The van der Waals surface area contributed by atoms with Crippen molar-refractivity contribution in [3.05, 3.63) is 52.3 Å². The van der Waals surface area contributed by atoms with Crippen LogP contribution in [0.3, 0.4) is 0 Å². The summed E-state index contributed by atoms with van der Waals surface area (Å²) in [4.78, 5) is 9.21. The van der Waals surface area contributed by atoms with Crippen molar-refractivity contribution >= 4 is 40.1 Å². The molecule has 4 rings (SSSR count). The van der Waals surface area contributed by atoms with Gasteiger partial charge < -0.3 is 15.2 Å². The van der Waals surface area contributed by atoms with Crippen molar-refractivity contribution in [3.63, 3.8) is 0 Å². The minimum absolute atomic E-state index is 0.0160. The first-order valence-corrected chi connectivity index (χ1v) is 10.1. The molecule has 1 aliphatic rings. The number of imidazole rings is 1. The fourth-order valence-corrected chi connectivity index (χ4v) is 3.75. The normalized spacial score (nSPS) is 14.4. The molecule has 1 aromatic heterocycles. The van der Waals surface area contributed by atoms with Gasteiger partial charge in [0.2, 0.25) is 5.95 Å². The van der Waals surface area contributed by atoms with Crippen molar-refractivity contribution in [1.29, 1.82) is 5.41 Å². The summed E-state index contributed by atoms with van der Waals surface area (Å²) >= 11 is 5.73. The molecule has 0 saturated carbocycles. The molecule has 3 aromatic rings. The number of hydrogen-bond donors (Lipinski definition) is 4. The molecule has 4 N–H and O–H groups in total. The second-order valence-electron chi connectivity index (χ2n) is 7.26. The van der Waals surface area contributed by atoms with Crippen LogP contribution in [0.5, 0.6) is 0 Å². The maximum atomic E-state index is 14.3. The van der Waals surface area contributed by atoms with Crippen molar-refractivity contribution in [3.8, 4) is 0 Å². The number of nitrogens with zero attached hydrogens (tertiary/aromatic N) is 3. The summed E-state index contributed by atoms with van der Waals surface area (Å²) in [6, 6.07) is 4.13. The summed E-state index contributed by atoms with van der Waals surface area (Å²) < 4.78 is 41.9. The number of benzene rings is 2. The molecule has 0 amide bonds. The molecule has 1 saturated heterocycles. The molecular weight excluding hydrogens is 433 g/mol. The SMILES string of the molecule is N=C(c1cc(F)c(F)c2nc(NCCN3CCCC3)[nH]c12)N(O)c1ccc(F)c(Cl)c1. The smallest absolute Gasteiger partial charge is 0.201 e. The molecule has 1 aliphatic heterocycles. The second-order valence-corrected chi connectivity index (χ2v) is 7.67. The Morgan fingerprint density at radius 1 is 1.23 bits per heavy atom. The number of H-pyrrole nitrogens is 1. The number of amidine groups is 1. The lowest BCUT2D eigenvalue weighted by Crippen LogP contribution is -2.27. The van der Waals surface area contributed by atoms with Gasteiger partial charge in [-0.2, -0.15) is 0 Å². The lowest BCUT2D eigenvalue weighted by atomic mass is 10.1. The van der Waals surface area contributed by atoms with Crippen molar-refractivity contribution in [2.75, 3.05) is 36.6 Å². The Labute approximate surface area is 180 Å². The largest absolute Gasteiger partial charge is 0.355 e. The van der Waals surface area contributed by atoms with Crippen LogP contribution in [-0.4, -0.2) is 52.1 Å². The molecule has 7 nitrogen and oxygen atoms in total. The molecule has 0 spiro atoms. The molecule has 164 valence electrons. The van der Waals surface area contributed by atoms with Crippen LogP contribution in [0.4, 0.5) is 24.8 Å². The van der Waals surface area contributed by atoms with Crippen molar-refractivity contribution in [2.45, 2.75) is 12.8 Å². The summed E-state index contributed by atoms with van der Waals surface area (Å²) in [7, 11) is 0. The van der Waals surface area contributed by atoms with E-state index in [1.165, 1.54) is 6.07 Å². The van der Waals surface area contributed by atoms with E-state index in [1.54, 1.807) is 0 Å². The Hall–Kier alpha value is -2.82. The van der Waals surface area contributed by atoms with E-state index in [0.29, 0.717) is 11.6 Å². The van der Waals surface area contributed by atoms with Gasteiger partial charge in [0, 0.05) is 18.7 Å². The van der Waals surface area contributed by atoms with E-state index in [4.69, 9.17) is 17.0 Å². The number of anilines is 2. The van der Waals surface area contributed by atoms with Crippen molar-refractivity contribution in [1.82, 2.24) is 14.9 Å². The van der Waals surface area contributed by atoms with E-state index in [1.807, 2.05) is 0 Å².